The highest BCUT2D eigenvalue weighted by atomic mass is 32.1. The van der Waals surface area contributed by atoms with Gasteiger partial charge in [0.25, 0.3) is 0 Å². The van der Waals surface area contributed by atoms with Gasteiger partial charge < -0.3 is 10.6 Å². The molecule has 2 amide bonds. The maximum atomic E-state index is 12.1. The van der Waals surface area contributed by atoms with E-state index < -0.39 is 0 Å². The van der Waals surface area contributed by atoms with Crippen molar-refractivity contribution in [3.63, 3.8) is 0 Å². The molecule has 3 rings (SSSR count). The Labute approximate surface area is 145 Å². The van der Waals surface area contributed by atoms with E-state index in [1.165, 1.54) is 0 Å². The zero-order valence-electron chi connectivity index (χ0n) is 13.7. The molecule has 0 saturated heterocycles. The average Bonchev–Trinajstić information content (AvgIpc) is 2.97. The highest BCUT2D eigenvalue weighted by molar-refractivity contribution is 7.15. The lowest BCUT2D eigenvalue weighted by Crippen LogP contribution is -2.28. The topological polar surface area (TPSA) is 54.0 Å². The Kier molecular flexibility index (Phi) is 4.91. The number of amides is 2. The van der Waals surface area contributed by atoms with Gasteiger partial charge in [-0.2, -0.15) is 0 Å². The SMILES string of the molecule is Cc1ccccc1NC(=O)NCc1sc(-c2ccccc2)nc1C. The molecule has 0 unspecified atom stereocenters. The van der Waals surface area contributed by atoms with E-state index in [4.69, 9.17) is 0 Å². The van der Waals surface area contributed by atoms with Gasteiger partial charge in [0, 0.05) is 16.1 Å². The van der Waals surface area contributed by atoms with Gasteiger partial charge in [-0.1, -0.05) is 48.5 Å². The first-order chi connectivity index (χ1) is 11.6. The second-order valence-corrected chi connectivity index (χ2v) is 6.60. The summed E-state index contributed by atoms with van der Waals surface area (Å²) in [6, 6.07) is 17.6. The van der Waals surface area contributed by atoms with Gasteiger partial charge in [0.05, 0.1) is 12.2 Å². The Bertz CT molecular complexity index is 843. The van der Waals surface area contributed by atoms with Crippen LogP contribution in [0.2, 0.25) is 0 Å². The quantitative estimate of drug-likeness (QED) is 0.722. The van der Waals surface area contributed by atoms with Crippen LogP contribution in [-0.2, 0) is 6.54 Å². The van der Waals surface area contributed by atoms with Crippen LogP contribution in [0.25, 0.3) is 10.6 Å². The third-order valence-corrected chi connectivity index (χ3v) is 4.92. The van der Waals surface area contributed by atoms with Gasteiger partial charge in [-0.15, -0.1) is 11.3 Å². The summed E-state index contributed by atoms with van der Waals surface area (Å²) in [5, 5.41) is 6.75. The number of para-hydroxylation sites is 1. The number of carbonyl (C=O) groups excluding carboxylic acids is 1. The number of carbonyl (C=O) groups is 1. The predicted octanol–water partition coefficient (Wildman–Crippen LogP) is 4.75. The van der Waals surface area contributed by atoms with Crippen molar-refractivity contribution in [2.45, 2.75) is 20.4 Å². The van der Waals surface area contributed by atoms with Crippen LogP contribution in [0.4, 0.5) is 10.5 Å². The van der Waals surface area contributed by atoms with Gasteiger partial charge in [0.2, 0.25) is 0 Å². The van der Waals surface area contributed by atoms with E-state index in [1.54, 1.807) is 11.3 Å². The number of aromatic nitrogens is 1. The molecule has 0 aliphatic heterocycles. The summed E-state index contributed by atoms with van der Waals surface area (Å²) in [7, 11) is 0. The van der Waals surface area contributed by atoms with Gasteiger partial charge in [-0.05, 0) is 25.5 Å². The van der Waals surface area contributed by atoms with E-state index in [1.807, 2.05) is 68.4 Å². The summed E-state index contributed by atoms with van der Waals surface area (Å²) in [5.41, 5.74) is 3.91. The number of hydrogen-bond acceptors (Lipinski definition) is 3. The highest BCUT2D eigenvalue weighted by Crippen LogP contribution is 2.27. The molecule has 4 nitrogen and oxygen atoms in total. The smallest absolute Gasteiger partial charge is 0.319 e. The summed E-state index contributed by atoms with van der Waals surface area (Å²) >= 11 is 1.61. The minimum atomic E-state index is -0.210. The summed E-state index contributed by atoms with van der Waals surface area (Å²) in [5.74, 6) is 0. The van der Waals surface area contributed by atoms with Crippen LogP contribution in [0, 0.1) is 13.8 Å². The molecule has 2 aromatic carbocycles. The van der Waals surface area contributed by atoms with Crippen molar-refractivity contribution in [3.8, 4) is 10.6 Å². The minimum absolute atomic E-state index is 0.210. The number of benzene rings is 2. The standard InChI is InChI=1S/C19H19N3OS/c1-13-8-6-7-11-16(13)22-19(23)20-12-17-14(2)21-18(24-17)15-9-4-3-5-10-15/h3-11H,12H2,1-2H3,(H2,20,22,23). The molecule has 0 aliphatic carbocycles. The third kappa shape index (κ3) is 3.81. The third-order valence-electron chi connectivity index (χ3n) is 3.72. The Morgan fingerprint density at radius 3 is 2.50 bits per heavy atom. The van der Waals surface area contributed by atoms with Crippen LogP contribution in [-0.4, -0.2) is 11.0 Å². The molecule has 0 atom stereocenters. The summed E-state index contributed by atoms with van der Waals surface area (Å²) in [6.45, 7) is 4.41. The normalized spacial score (nSPS) is 10.4. The Morgan fingerprint density at radius 2 is 1.75 bits per heavy atom. The van der Waals surface area contributed by atoms with Crippen molar-refractivity contribution >= 4 is 23.1 Å². The minimum Gasteiger partial charge on any atom is -0.333 e. The Hall–Kier alpha value is -2.66. The zero-order valence-corrected chi connectivity index (χ0v) is 14.5. The van der Waals surface area contributed by atoms with Crippen molar-refractivity contribution in [2.75, 3.05) is 5.32 Å². The first-order valence-electron chi connectivity index (χ1n) is 7.75. The number of aryl methyl sites for hydroxylation is 2. The molecule has 0 spiro atoms. The van der Waals surface area contributed by atoms with Crippen molar-refractivity contribution < 1.29 is 4.79 Å². The van der Waals surface area contributed by atoms with Crippen LogP contribution >= 0.6 is 11.3 Å². The molecule has 0 aliphatic rings. The number of rotatable bonds is 4. The van der Waals surface area contributed by atoms with E-state index in [-0.39, 0.29) is 6.03 Å². The van der Waals surface area contributed by atoms with E-state index in [0.717, 1.165) is 32.4 Å². The average molecular weight is 337 g/mol. The fraction of sp³-hybridized carbons (Fsp3) is 0.158. The summed E-state index contributed by atoms with van der Waals surface area (Å²) in [4.78, 5) is 17.8. The summed E-state index contributed by atoms with van der Waals surface area (Å²) < 4.78 is 0. The maximum absolute atomic E-state index is 12.1. The second kappa shape index (κ2) is 7.27. The highest BCUT2D eigenvalue weighted by Gasteiger charge is 2.10. The molecule has 0 fully saturated rings. The molecule has 2 N–H and O–H groups in total. The van der Waals surface area contributed by atoms with Crippen LogP contribution in [0.15, 0.2) is 54.6 Å². The zero-order chi connectivity index (χ0) is 16.9. The van der Waals surface area contributed by atoms with Crippen LogP contribution < -0.4 is 10.6 Å². The van der Waals surface area contributed by atoms with Crippen molar-refractivity contribution in [1.29, 1.82) is 0 Å². The van der Waals surface area contributed by atoms with E-state index in [9.17, 15) is 4.79 Å². The molecule has 0 bridgehead atoms. The van der Waals surface area contributed by atoms with E-state index in [2.05, 4.69) is 15.6 Å². The van der Waals surface area contributed by atoms with Crippen LogP contribution in [0.1, 0.15) is 16.1 Å². The van der Waals surface area contributed by atoms with E-state index >= 15 is 0 Å². The van der Waals surface area contributed by atoms with Gasteiger partial charge >= 0.3 is 6.03 Å². The number of thiazole rings is 1. The second-order valence-electron chi connectivity index (χ2n) is 5.52. The number of nitrogens with one attached hydrogen (secondary N) is 2. The molecule has 5 heteroatoms. The fourth-order valence-corrected chi connectivity index (χ4v) is 3.34. The number of urea groups is 1. The van der Waals surface area contributed by atoms with Gasteiger partial charge in [-0.3, -0.25) is 0 Å². The molecule has 0 saturated carbocycles. The van der Waals surface area contributed by atoms with Crippen LogP contribution in [0.3, 0.4) is 0 Å². The lowest BCUT2D eigenvalue weighted by Gasteiger charge is -2.09. The fourth-order valence-electron chi connectivity index (χ4n) is 2.34. The van der Waals surface area contributed by atoms with E-state index in [0.29, 0.717) is 6.54 Å². The van der Waals surface area contributed by atoms with Crippen LogP contribution in [0.5, 0.6) is 0 Å². The predicted molar refractivity (Wildman–Crippen MR) is 99.3 cm³/mol. The molecule has 3 aromatic rings. The van der Waals surface area contributed by atoms with Gasteiger partial charge in [0.1, 0.15) is 5.01 Å². The maximum Gasteiger partial charge on any atom is 0.319 e. The molecule has 1 aromatic heterocycles. The molecular weight excluding hydrogens is 318 g/mol. The molecule has 1 heterocycles. The molecule has 0 radical (unpaired) electrons. The lowest BCUT2D eigenvalue weighted by molar-refractivity contribution is 0.252. The summed E-state index contributed by atoms with van der Waals surface area (Å²) in [6.07, 6.45) is 0. The van der Waals surface area contributed by atoms with Gasteiger partial charge in [0.15, 0.2) is 0 Å². The molecule has 122 valence electrons. The Balaban J connectivity index is 1.64. The Morgan fingerprint density at radius 1 is 1.04 bits per heavy atom. The number of anilines is 1. The van der Waals surface area contributed by atoms with Crippen molar-refractivity contribution in [3.05, 3.63) is 70.7 Å². The molecular formula is C19H19N3OS. The lowest BCUT2D eigenvalue weighted by atomic mass is 10.2. The first-order valence-corrected chi connectivity index (χ1v) is 8.57. The molecule has 24 heavy (non-hydrogen) atoms. The largest absolute Gasteiger partial charge is 0.333 e. The number of hydrogen-bond donors (Lipinski definition) is 2. The number of nitrogens with zero attached hydrogens (tertiary/aromatic N) is 1. The monoisotopic (exact) mass is 337 g/mol. The first kappa shape index (κ1) is 16.2. The van der Waals surface area contributed by atoms with Crippen molar-refractivity contribution in [2.24, 2.45) is 0 Å². The van der Waals surface area contributed by atoms with Crippen molar-refractivity contribution in [1.82, 2.24) is 10.3 Å². The van der Waals surface area contributed by atoms with Gasteiger partial charge in [-0.25, -0.2) is 9.78 Å².